The van der Waals surface area contributed by atoms with Crippen LogP contribution in [0.15, 0.2) is 42.7 Å². The Hall–Kier alpha value is -2.56. The molecule has 2 heterocycles. The predicted molar refractivity (Wildman–Crippen MR) is 98.2 cm³/mol. The van der Waals surface area contributed by atoms with E-state index in [4.69, 9.17) is 4.74 Å². The first-order valence-corrected chi connectivity index (χ1v) is 8.72. The average Bonchev–Trinajstić information content (AvgIpc) is 3.06. The second kappa shape index (κ2) is 8.01. The molecule has 0 spiro atoms. The zero-order valence-electron chi connectivity index (χ0n) is 14.9. The number of likely N-dealkylation sites (tertiary alicyclic amines) is 1. The molecule has 0 N–H and O–H groups in total. The van der Waals surface area contributed by atoms with Gasteiger partial charge in [-0.2, -0.15) is 5.10 Å². The van der Waals surface area contributed by atoms with Gasteiger partial charge in [0, 0.05) is 38.0 Å². The van der Waals surface area contributed by atoms with Gasteiger partial charge in [-0.05, 0) is 49.0 Å². The van der Waals surface area contributed by atoms with Crippen LogP contribution in [0.5, 0.6) is 5.75 Å². The number of aryl methyl sites for hydroxylation is 1. The fraction of sp³-hybridized carbons (Fsp3) is 0.400. The highest BCUT2D eigenvalue weighted by Gasteiger charge is 2.21. The number of carbonyl (C=O) groups excluding carboxylic acids is 1. The number of hydrogen-bond donors (Lipinski definition) is 0. The summed E-state index contributed by atoms with van der Waals surface area (Å²) in [6.07, 6.45) is 10.3. The van der Waals surface area contributed by atoms with Gasteiger partial charge in [0.05, 0.1) is 13.3 Å². The van der Waals surface area contributed by atoms with Gasteiger partial charge in [0.1, 0.15) is 5.75 Å². The Morgan fingerprint density at radius 3 is 2.60 bits per heavy atom. The Morgan fingerprint density at radius 1 is 1.28 bits per heavy atom. The van der Waals surface area contributed by atoms with E-state index in [0.29, 0.717) is 5.92 Å². The lowest BCUT2D eigenvalue weighted by atomic mass is 9.90. The summed E-state index contributed by atoms with van der Waals surface area (Å²) in [7, 11) is 3.55. The van der Waals surface area contributed by atoms with Crippen molar-refractivity contribution in [1.82, 2.24) is 14.7 Å². The van der Waals surface area contributed by atoms with E-state index >= 15 is 0 Å². The van der Waals surface area contributed by atoms with E-state index in [1.54, 1.807) is 24.1 Å². The fourth-order valence-electron chi connectivity index (χ4n) is 3.25. The maximum Gasteiger partial charge on any atom is 0.246 e. The molecule has 0 bridgehead atoms. The van der Waals surface area contributed by atoms with Crippen molar-refractivity contribution in [2.24, 2.45) is 13.0 Å². The molecule has 1 aromatic heterocycles. The van der Waals surface area contributed by atoms with Crippen molar-refractivity contribution in [3.63, 3.8) is 0 Å². The van der Waals surface area contributed by atoms with Crippen LogP contribution in [-0.4, -0.2) is 40.8 Å². The van der Waals surface area contributed by atoms with Crippen LogP contribution in [0.1, 0.15) is 24.0 Å². The molecule has 1 aliphatic rings. The third-order valence-electron chi connectivity index (χ3n) is 4.75. The lowest BCUT2D eigenvalue weighted by Gasteiger charge is -2.31. The van der Waals surface area contributed by atoms with Crippen LogP contribution >= 0.6 is 0 Å². The molecular weight excluding hydrogens is 314 g/mol. The van der Waals surface area contributed by atoms with E-state index in [1.807, 2.05) is 36.4 Å². The summed E-state index contributed by atoms with van der Waals surface area (Å²) in [5, 5.41) is 4.10. The predicted octanol–water partition coefficient (Wildman–Crippen LogP) is 2.92. The summed E-state index contributed by atoms with van der Waals surface area (Å²) in [6, 6.07) is 8.29. The summed E-state index contributed by atoms with van der Waals surface area (Å²) in [5.41, 5.74) is 2.28. The monoisotopic (exact) mass is 339 g/mol. The minimum atomic E-state index is 0.0896. The molecule has 1 amide bonds. The van der Waals surface area contributed by atoms with Gasteiger partial charge < -0.3 is 9.64 Å². The number of nitrogens with zero attached hydrogens (tertiary/aromatic N) is 3. The van der Waals surface area contributed by atoms with Crippen molar-refractivity contribution in [3.8, 4) is 5.75 Å². The summed E-state index contributed by atoms with van der Waals surface area (Å²) < 4.78 is 6.93. The van der Waals surface area contributed by atoms with E-state index in [2.05, 4.69) is 17.2 Å². The summed E-state index contributed by atoms with van der Waals surface area (Å²) in [5.74, 6) is 1.62. The van der Waals surface area contributed by atoms with Crippen molar-refractivity contribution < 1.29 is 9.53 Å². The first kappa shape index (κ1) is 17.3. The third kappa shape index (κ3) is 4.72. The maximum absolute atomic E-state index is 12.3. The molecule has 132 valence electrons. The average molecular weight is 339 g/mol. The van der Waals surface area contributed by atoms with Crippen LogP contribution in [0.3, 0.4) is 0 Å². The molecule has 0 aliphatic carbocycles. The number of ether oxygens (including phenoxy) is 1. The zero-order chi connectivity index (χ0) is 17.6. The Bertz CT molecular complexity index is 726. The van der Waals surface area contributed by atoms with Gasteiger partial charge in [0.2, 0.25) is 5.91 Å². The largest absolute Gasteiger partial charge is 0.497 e. The fourth-order valence-corrected chi connectivity index (χ4v) is 3.25. The zero-order valence-corrected chi connectivity index (χ0v) is 14.9. The number of rotatable bonds is 5. The SMILES string of the molecule is COc1ccc(CC2CCN(C(=O)/C=C/c3cnn(C)c3)CC2)cc1. The quantitative estimate of drug-likeness (QED) is 0.787. The minimum absolute atomic E-state index is 0.0896. The number of hydrogen-bond acceptors (Lipinski definition) is 3. The van der Waals surface area contributed by atoms with Crippen molar-refractivity contribution in [1.29, 1.82) is 0 Å². The second-order valence-corrected chi connectivity index (χ2v) is 6.60. The highest BCUT2D eigenvalue weighted by atomic mass is 16.5. The molecule has 25 heavy (non-hydrogen) atoms. The van der Waals surface area contributed by atoms with Crippen molar-refractivity contribution in [2.75, 3.05) is 20.2 Å². The molecule has 3 rings (SSSR count). The van der Waals surface area contributed by atoms with Gasteiger partial charge in [-0.1, -0.05) is 12.1 Å². The summed E-state index contributed by atoms with van der Waals surface area (Å²) >= 11 is 0. The van der Waals surface area contributed by atoms with Gasteiger partial charge >= 0.3 is 0 Å². The van der Waals surface area contributed by atoms with E-state index in [1.165, 1.54) is 5.56 Å². The van der Waals surface area contributed by atoms with Crippen LogP contribution in [0.25, 0.3) is 6.08 Å². The first-order valence-electron chi connectivity index (χ1n) is 8.72. The second-order valence-electron chi connectivity index (χ2n) is 6.60. The number of carbonyl (C=O) groups is 1. The summed E-state index contributed by atoms with van der Waals surface area (Å²) in [4.78, 5) is 14.3. The normalized spacial score (nSPS) is 15.7. The number of aromatic nitrogens is 2. The van der Waals surface area contributed by atoms with Gasteiger partial charge in [0.25, 0.3) is 0 Å². The highest BCUT2D eigenvalue weighted by molar-refractivity contribution is 5.91. The van der Waals surface area contributed by atoms with Gasteiger partial charge in [-0.25, -0.2) is 0 Å². The highest BCUT2D eigenvalue weighted by Crippen LogP contribution is 2.23. The third-order valence-corrected chi connectivity index (χ3v) is 4.75. The molecule has 5 heteroatoms. The Kier molecular flexibility index (Phi) is 5.53. The minimum Gasteiger partial charge on any atom is -0.497 e. The van der Waals surface area contributed by atoms with Crippen LogP contribution in [-0.2, 0) is 18.3 Å². The maximum atomic E-state index is 12.3. The van der Waals surface area contributed by atoms with Crippen molar-refractivity contribution in [2.45, 2.75) is 19.3 Å². The number of piperidine rings is 1. The Labute approximate surface area is 148 Å². The number of benzene rings is 1. The smallest absolute Gasteiger partial charge is 0.246 e. The molecule has 0 atom stereocenters. The van der Waals surface area contributed by atoms with Crippen LogP contribution in [0.2, 0.25) is 0 Å². The van der Waals surface area contributed by atoms with Crippen LogP contribution in [0.4, 0.5) is 0 Å². The molecular formula is C20H25N3O2. The molecule has 2 aromatic rings. The lowest BCUT2D eigenvalue weighted by molar-refractivity contribution is -0.127. The summed E-state index contributed by atoms with van der Waals surface area (Å²) in [6.45, 7) is 1.66. The molecule has 5 nitrogen and oxygen atoms in total. The van der Waals surface area contributed by atoms with E-state index in [-0.39, 0.29) is 5.91 Å². The van der Waals surface area contributed by atoms with Crippen LogP contribution in [0, 0.1) is 5.92 Å². The lowest BCUT2D eigenvalue weighted by Crippen LogP contribution is -2.37. The van der Waals surface area contributed by atoms with E-state index in [9.17, 15) is 4.79 Å². The molecule has 1 aromatic carbocycles. The topological polar surface area (TPSA) is 47.4 Å². The van der Waals surface area contributed by atoms with Gasteiger partial charge in [-0.3, -0.25) is 9.48 Å². The number of methoxy groups -OCH3 is 1. The molecule has 0 saturated carbocycles. The molecule has 0 radical (unpaired) electrons. The Morgan fingerprint density at radius 2 is 2.00 bits per heavy atom. The van der Waals surface area contributed by atoms with Gasteiger partial charge in [-0.15, -0.1) is 0 Å². The molecule has 1 fully saturated rings. The van der Waals surface area contributed by atoms with E-state index < -0.39 is 0 Å². The van der Waals surface area contributed by atoms with Crippen molar-refractivity contribution in [3.05, 3.63) is 53.9 Å². The molecule has 1 saturated heterocycles. The number of amides is 1. The van der Waals surface area contributed by atoms with Crippen molar-refractivity contribution >= 4 is 12.0 Å². The first-order chi connectivity index (χ1) is 12.1. The van der Waals surface area contributed by atoms with E-state index in [0.717, 1.165) is 43.7 Å². The standard InChI is InChI=1S/C20H25N3O2/c1-22-15-18(14-21-22)5-8-20(24)23-11-9-17(10-12-23)13-16-3-6-19(25-2)7-4-16/h3-8,14-15,17H,9-13H2,1-2H3/b8-5+. The molecule has 0 unspecified atom stereocenters. The van der Waals surface area contributed by atoms with Crippen LogP contribution < -0.4 is 4.74 Å². The Balaban J connectivity index is 1.47. The van der Waals surface area contributed by atoms with Gasteiger partial charge in [0.15, 0.2) is 0 Å². The molecule has 1 aliphatic heterocycles.